The molecule has 2 aromatic rings. The third-order valence-electron chi connectivity index (χ3n) is 5.27. The molecule has 0 spiro atoms. The number of likely N-dealkylation sites (tertiary alicyclic amines) is 1. The van der Waals surface area contributed by atoms with E-state index in [0.29, 0.717) is 5.11 Å². The summed E-state index contributed by atoms with van der Waals surface area (Å²) in [6.45, 7) is 8.05. The van der Waals surface area contributed by atoms with Gasteiger partial charge in [-0.05, 0) is 87.6 Å². The van der Waals surface area contributed by atoms with Crippen molar-refractivity contribution in [2.45, 2.75) is 46.1 Å². The Bertz CT molecular complexity index is 841. The maximum Gasteiger partial charge on any atom is 0.253 e. The Morgan fingerprint density at radius 3 is 2.36 bits per heavy atom. The van der Waals surface area contributed by atoms with E-state index in [1.165, 1.54) is 23.1 Å². The zero-order chi connectivity index (χ0) is 20.1. The van der Waals surface area contributed by atoms with Crippen LogP contribution >= 0.6 is 12.2 Å². The lowest BCUT2D eigenvalue weighted by atomic mass is 10.0. The SMILES string of the molecule is Cc1ccc([C@@H](C)NC(=S)Nc2ccc(C(=O)N3CCCCC3)cc2)c(C)c1. The first-order chi connectivity index (χ1) is 13.4. The van der Waals surface area contributed by atoms with Crippen LogP contribution in [0, 0.1) is 13.8 Å². The minimum atomic E-state index is 0.112. The number of piperidine rings is 1. The highest BCUT2D eigenvalue weighted by Gasteiger charge is 2.18. The second-order valence-corrected chi connectivity index (χ2v) is 8.02. The number of hydrogen-bond acceptors (Lipinski definition) is 2. The molecule has 28 heavy (non-hydrogen) atoms. The van der Waals surface area contributed by atoms with Gasteiger partial charge in [0.1, 0.15) is 0 Å². The largest absolute Gasteiger partial charge is 0.356 e. The number of amides is 1. The number of carbonyl (C=O) groups excluding carboxylic acids is 1. The fourth-order valence-corrected chi connectivity index (χ4v) is 4.02. The van der Waals surface area contributed by atoms with E-state index in [1.807, 2.05) is 29.2 Å². The number of nitrogens with zero attached hydrogens (tertiary/aromatic N) is 1. The highest BCUT2D eigenvalue weighted by Crippen LogP contribution is 2.19. The zero-order valence-electron chi connectivity index (χ0n) is 16.9. The van der Waals surface area contributed by atoms with Crippen molar-refractivity contribution < 1.29 is 4.79 Å². The van der Waals surface area contributed by atoms with E-state index in [4.69, 9.17) is 12.2 Å². The fourth-order valence-electron chi connectivity index (χ4n) is 3.73. The minimum Gasteiger partial charge on any atom is -0.356 e. The Kier molecular flexibility index (Phi) is 6.68. The van der Waals surface area contributed by atoms with Crippen molar-refractivity contribution in [1.29, 1.82) is 0 Å². The van der Waals surface area contributed by atoms with Crippen LogP contribution in [0.25, 0.3) is 0 Å². The van der Waals surface area contributed by atoms with Gasteiger partial charge in [0, 0.05) is 24.3 Å². The van der Waals surface area contributed by atoms with Gasteiger partial charge >= 0.3 is 0 Å². The van der Waals surface area contributed by atoms with E-state index < -0.39 is 0 Å². The summed E-state index contributed by atoms with van der Waals surface area (Å²) < 4.78 is 0. The molecule has 2 N–H and O–H groups in total. The predicted molar refractivity (Wildman–Crippen MR) is 120 cm³/mol. The average Bonchev–Trinajstić information content (AvgIpc) is 2.68. The Labute approximate surface area is 173 Å². The molecule has 3 rings (SSSR count). The molecule has 5 heteroatoms. The maximum absolute atomic E-state index is 12.6. The predicted octanol–water partition coefficient (Wildman–Crippen LogP) is 4.98. The van der Waals surface area contributed by atoms with E-state index in [-0.39, 0.29) is 11.9 Å². The van der Waals surface area contributed by atoms with Gasteiger partial charge in [-0.2, -0.15) is 0 Å². The first-order valence-electron chi connectivity index (χ1n) is 9.98. The molecule has 1 heterocycles. The van der Waals surface area contributed by atoms with Crippen molar-refractivity contribution in [2.24, 2.45) is 0 Å². The number of thiocarbonyl (C=S) groups is 1. The van der Waals surface area contributed by atoms with E-state index in [9.17, 15) is 4.79 Å². The molecule has 1 amide bonds. The van der Waals surface area contributed by atoms with Crippen molar-refractivity contribution in [3.63, 3.8) is 0 Å². The molecule has 1 aliphatic rings. The summed E-state index contributed by atoms with van der Waals surface area (Å²) in [5.41, 5.74) is 5.35. The lowest BCUT2D eigenvalue weighted by Crippen LogP contribution is -2.35. The maximum atomic E-state index is 12.6. The molecule has 1 saturated heterocycles. The van der Waals surface area contributed by atoms with Crippen LogP contribution in [0.15, 0.2) is 42.5 Å². The van der Waals surface area contributed by atoms with Crippen molar-refractivity contribution in [3.8, 4) is 0 Å². The van der Waals surface area contributed by atoms with E-state index in [2.05, 4.69) is 49.6 Å². The first-order valence-corrected chi connectivity index (χ1v) is 10.4. The van der Waals surface area contributed by atoms with Crippen LogP contribution < -0.4 is 10.6 Å². The minimum absolute atomic E-state index is 0.112. The smallest absolute Gasteiger partial charge is 0.253 e. The van der Waals surface area contributed by atoms with E-state index >= 15 is 0 Å². The summed E-state index contributed by atoms with van der Waals surface area (Å²) in [4.78, 5) is 14.5. The van der Waals surface area contributed by atoms with Crippen LogP contribution in [0.2, 0.25) is 0 Å². The van der Waals surface area contributed by atoms with Crippen molar-refractivity contribution >= 4 is 28.9 Å². The number of hydrogen-bond donors (Lipinski definition) is 2. The monoisotopic (exact) mass is 395 g/mol. The molecular formula is C23H29N3OS. The van der Waals surface area contributed by atoms with Gasteiger partial charge in [0.05, 0.1) is 6.04 Å². The lowest BCUT2D eigenvalue weighted by molar-refractivity contribution is 0.0724. The molecule has 0 aliphatic carbocycles. The second kappa shape index (κ2) is 9.20. The van der Waals surface area contributed by atoms with E-state index in [1.54, 1.807) is 0 Å². The van der Waals surface area contributed by atoms with Gasteiger partial charge in [-0.3, -0.25) is 4.79 Å². The molecule has 148 valence electrons. The van der Waals surface area contributed by atoms with Gasteiger partial charge in [-0.25, -0.2) is 0 Å². The zero-order valence-corrected chi connectivity index (χ0v) is 17.7. The Morgan fingerprint density at radius 1 is 1.04 bits per heavy atom. The molecule has 1 aliphatic heterocycles. The molecule has 0 unspecified atom stereocenters. The molecule has 1 atom stereocenters. The van der Waals surface area contributed by atoms with Crippen molar-refractivity contribution in [1.82, 2.24) is 10.2 Å². The summed E-state index contributed by atoms with van der Waals surface area (Å²) in [6.07, 6.45) is 3.42. The summed E-state index contributed by atoms with van der Waals surface area (Å²) in [7, 11) is 0. The van der Waals surface area contributed by atoms with Gasteiger partial charge in [0.2, 0.25) is 0 Å². The Balaban J connectivity index is 1.57. The molecule has 2 aromatic carbocycles. The van der Waals surface area contributed by atoms with Gasteiger partial charge < -0.3 is 15.5 Å². The summed E-state index contributed by atoms with van der Waals surface area (Å²) in [5, 5.41) is 7.13. The van der Waals surface area contributed by atoms with Crippen molar-refractivity contribution in [2.75, 3.05) is 18.4 Å². The number of nitrogens with one attached hydrogen (secondary N) is 2. The molecule has 0 bridgehead atoms. The Morgan fingerprint density at radius 2 is 1.71 bits per heavy atom. The van der Waals surface area contributed by atoms with Crippen LogP contribution in [0.4, 0.5) is 5.69 Å². The third-order valence-corrected chi connectivity index (χ3v) is 5.49. The number of rotatable bonds is 4. The van der Waals surface area contributed by atoms with Gasteiger partial charge in [0.15, 0.2) is 5.11 Å². The first kappa shape index (κ1) is 20.3. The van der Waals surface area contributed by atoms with Gasteiger partial charge in [-0.15, -0.1) is 0 Å². The number of aryl methyl sites for hydroxylation is 2. The molecule has 0 aromatic heterocycles. The van der Waals surface area contributed by atoms with Crippen LogP contribution in [0.1, 0.15) is 59.3 Å². The molecule has 0 saturated carbocycles. The van der Waals surface area contributed by atoms with Crippen LogP contribution in [0.3, 0.4) is 0 Å². The quantitative estimate of drug-likeness (QED) is 0.717. The molecule has 4 nitrogen and oxygen atoms in total. The standard InChI is InChI=1S/C23H29N3OS/c1-16-7-12-21(17(2)15-16)18(3)24-23(28)25-20-10-8-19(9-11-20)22(27)26-13-5-4-6-14-26/h7-12,15,18H,4-6,13-14H2,1-3H3,(H2,24,25,28)/t18-/m1/s1. The molecule has 1 fully saturated rings. The highest BCUT2D eigenvalue weighted by atomic mass is 32.1. The second-order valence-electron chi connectivity index (χ2n) is 7.61. The number of anilines is 1. The fraction of sp³-hybridized carbons (Fsp3) is 0.391. The number of carbonyl (C=O) groups is 1. The van der Waals surface area contributed by atoms with Crippen LogP contribution in [-0.2, 0) is 0 Å². The topological polar surface area (TPSA) is 44.4 Å². The molecule has 0 radical (unpaired) electrons. The summed E-state index contributed by atoms with van der Waals surface area (Å²) in [5.74, 6) is 0.121. The van der Waals surface area contributed by atoms with Gasteiger partial charge in [-0.1, -0.05) is 23.8 Å². The third kappa shape index (κ3) is 5.10. The van der Waals surface area contributed by atoms with Crippen molar-refractivity contribution in [3.05, 3.63) is 64.7 Å². The molecular weight excluding hydrogens is 366 g/mol. The lowest BCUT2D eigenvalue weighted by Gasteiger charge is -2.26. The van der Waals surface area contributed by atoms with E-state index in [0.717, 1.165) is 37.2 Å². The highest BCUT2D eigenvalue weighted by molar-refractivity contribution is 7.80. The van der Waals surface area contributed by atoms with Crippen LogP contribution in [0.5, 0.6) is 0 Å². The average molecular weight is 396 g/mol. The summed E-state index contributed by atoms with van der Waals surface area (Å²) >= 11 is 5.47. The number of benzene rings is 2. The Hall–Kier alpha value is -2.40. The normalized spacial score (nSPS) is 15.0. The summed E-state index contributed by atoms with van der Waals surface area (Å²) in [6, 6.07) is 14.1. The van der Waals surface area contributed by atoms with Gasteiger partial charge in [0.25, 0.3) is 5.91 Å². The van der Waals surface area contributed by atoms with Crippen LogP contribution in [-0.4, -0.2) is 29.0 Å².